The van der Waals surface area contributed by atoms with Gasteiger partial charge in [-0.3, -0.25) is 9.59 Å². The van der Waals surface area contributed by atoms with Crippen LogP contribution >= 0.6 is 45.9 Å². The number of sulfonamides is 2. The predicted octanol–water partition coefficient (Wildman–Crippen LogP) is 8.07. The van der Waals surface area contributed by atoms with E-state index in [1.807, 2.05) is 24.3 Å². The van der Waals surface area contributed by atoms with Gasteiger partial charge in [0.25, 0.3) is 31.9 Å². The van der Waals surface area contributed by atoms with Crippen molar-refractivity contribution in [2.24, 2.45) is 5.92 Å². The number of hydrogen-bond acceptors (Lipinski definition) is 11. The quantitative estimate of drug-likeness (QED) is 0.113. The van der Waals surface area contributed by atoms with E-state index in [0.29, 0.717) is 64.6 Å². The molecule has 2 saturated heterocycles. The average Bonchev–Trinajstić information content (AvgIpc) is 4.03. The maximum absolute atomic E-state index is 13.2. The van der Waals surface area contributed by atoms with E-state index in [-0.39, 0.29) is 29.1 Å². The summed E-state index contributed by atoms with van der Waals surface area (Å²) in [5, 5.41) is 6.78. The minimum Gasteiger partial charge on any atom is -0.495 e. The van der Waals surface area contributed by atoms with Crippen molar-refractivity contribution in [2.45, 2.75) is 53.6 Å². The van der Waals surface area contributed by atoms with Crippen molar-refractivity contribution in [3.05, 3.63) is 128 Å². The fourth-order valence-corrected chi connectivity index (χ4v) is 14.1. The van der Waals surface area contributed by atoms with Gasteiger partial charge < -0.3 is 25.2 Å². The summed E-state index contributed by atoms with van der Waals surface area (Å²) in [5.41, 5.74) is 1.98. The second-order valence-corrected chi connectivity index (χ2v) is 23.6. The average molecular weight is 1000 g/mol. The van der Waals surface area contributed by atoms with Crippen LogP contribution in [0, 0.1) is 5.92 Å². The fraction of sp³-hybridized carbons (Fsp3) is 0.391. The minimum absolute atomic E-state index is 0.214. The number of carbonyl (C=O) groups excluding carboxylic acids is 2. The molecule has 1 aliphatic carbocycles. The van der Waals surface area contributed by atoms with E-state index in [0.717, 1.165) is 46.7 Å². The third-order valence-electron chi connectivity index (χ3n) is 11.8. The lowest BCUT2D eigenvalue weighted by atomic mass is 9.89. The van der Waals surface area contributed by atoms with Gasteiger partial charge in [-0.2, -0.15) is 8.61 Å². The van der Waals surface area contributed by atoms with Gasteiger partial charge in [0.1, 0.15) is 14.2 Å². The van der Waals surface area contributed by atoms with Crippen LogP contribution in [0.2, 0.25) is 10.0 Å². The number of nitrogens with zero attached hydrogens (tertiary/aromatic N) is 4. The van der Waals surface area contributed by atoms with Gasteiger partial charge >= 0.3 is 0 Å². The normalized spacial score (nSPS) is 16.9. The van der Waals surface area contributed by atoms with Crippen molar-refractivity contribution < 1.29 is 31.2 Å². The summed E-state index contributed by atoms with van der Waals surface area (Å²) in [4.78, 5) is 30.7. The maximum Gasteiger partial charge on any atom is 0.252 e. The van der Waals surface area contributed by atoms with Crippen LogP contribution in [0.4, 0.5) is 5.69 Å². The van der Waals surface area contributed by atoms with E-state index in [4.69, 9.17) is 27.9 Å². The molecule has 5 aromatic rings. The van der Waals surface area contributed by atoms with Gasteiger partial charge in [-0.15, -0.1) is 22.7 Å². The number of ether oxygens (including phenoxy) is 1. The number of methoxy groups -OCH3 is 1. The highest BCUT2D eigenvalue weighted by atomic mass is 35.5. The highest BCUT2D eigenvalue weighted by Gasteiger charge is 2.32. The maximum atomic E-state index is 13.2. The van der Waals surface area contributed by atoms with Crippen molar-refractivity contribution in [1.29, 1.82) is 0 Å². The van der Waals surface area contributed by atoms with Gasteiger partial charge in [-0.1, -0.05) is 54.6 Å². The summed E-state index contributed by atoms with van der Waals surface area (Å²) in [6.45, 7) is 6.25. The van der Waals surface area contributed by atoms with E-state index >= 15 is 0 Å². The first kappa shape index (κ1) is 48.9. The molecule has 8 rings (SSSR count). The van der Waals surface area contributed by atoms with Crippen LogP contribution in [-0.2, 0) is 33.1 Å². The smallest absolute Gasteiger partial charge is 0.252 e. The summed E-state index contributed by atoms with van der Waals surface area (Å²) >= 11 is 14.1. The monoisotopic (exact) mass is 1000 g/mol. The van der Waals surface area contributed by atoms with Crippen molar-refractivity contribution in [3.8, 4) is 5.75 Å². The lowest BCUT2D eigenvalue weighted by molar-refractivity contribution is 0.0943. The van der Waals surface area contributed by atoms with Gasteiger partial charge in [0.15, 0.2) is 0 Å². The zero-order valence-electron chi connectivity index (χ0n) is 36.2. The summed E-state index contributed by atoms with van der Waals surface area (Å²) in [6.07, 6.45) is 6.64. The molecule has 2 aliphatic heterocycles. The van der Waals surface area contributed by atoms with E-state index in [1.54, 1.807) is 84.2 Å². The predicted molar refractivity (Wildman–Crippen MR) is 260 cm³/mol. The molecule has 0 radical (unpaired) electrons. The summed E-state index contributed by atoms with van der Waals surface area (Å²) in [6, 6.07) is 27.8. The molecule has 0 atom stereocenters. The second kappa shape index (κ2) is 22.6. The largest absolute Gasteiger partial charge is 0.495 e. The Morgan fingerprint density at radius 2 is 1.08 bits per heavy atom. The molecule has 3 aliphatic rings. The number of piperazine rings is 2. The summed E-state index contributed by atoms with van der Waals surface area (Å²) in [7, 11) is -5.46. The van der Waals surface area contributed by atoms with Crippen molar-refractivity contribution >= 4 is 83.4 Å². The number of nitrogens with one attached hydrogen (secondary N) is 2. The highest BCUT2D eigenvalue weighted by molar-refractivity contribution is 7.91. The number of carbonyl (C=O) groups is 2. The molecular weight excluding hydrogens is 948 g/mol. The summed E-state index contributed by atoms with van der Waals surface area (Å²) in [5.74, 6) is 1.10. The topological polar surface area (TPSA) is 149 Å². The number of para-hydroxylation sites is 2. The Kier molecular flexibility index (Phi) is 17.0. The Morgan fingerprint density at radius 1 is 0.615 bits per heavy atom. The summed E-state index contributed by atoms with van der Waals surface area (Å²) < 4.78 is 61.7. The first-order valence-corrected chi connectivity index (χ1v) is 26.9. The zero-order valence-corrected chi connectivity index (χ0v) is 40.9. The molecule has 3 fully saturated rings. The second-order valence-electron chi connectivity index (χ2n) is 16.1. The van der Waals surface area contributed by atoms with Crippen LogP contribution in [0.15, 0.2) is 105 Å². The lowest BCUT2D eigenvalue weighted by Crippen LogP contribution is -2.49. The number of thiophene rings is 2. The van der Waals surface area contributed by atoms with Crippen molar-refractivity contribution in [1.82, 2.24) is 24.1 Å². The number of rotatable bonds is 14. The number of anilines is 1. The van der Waals surface area contributed by atoms with Crippen LogP contribution in [0.3, 0.4) is 0 Å². The molecule has 2 amide bonds. The van der Waals surface area contributed by atoms with E-state index < -0.39 is 20.0 Å². The molecule has 65 heavy (non-hydrogen) atoms. The van der Waals surface area contributed by atoms with E-state index in [2.05, 4.69) is 20.4 Å². The van der Waals surface area contributed by atoms with Gasteiger partial charge in [0, 0.05) is 89.8 Å². The lowest BCUT2D eigenvalue weighted by Gasteiger charge is -2.36. The minimum atomic E-state index is -3.59. The Morgan fingerprint density at radius 3 is 1.55 bits per heavy atom. The third-order valence-corrected chi connectivity index (χ3v) is 19.2. The zero-order chi connectivity index (χ0) is 46.0. The van der Waals surface area contributed by atoms with Gasteiger partial charge in [0.05, 0.1) is 25.9 Å². The Bertz CT molecular complexity index is 2590. The Labute approximate surface area is 400 Å². The standard InChI is InChI=1S/C23H24ClN3O4S2.C23H30ClN3O3S2/c1-31-21-5-3-2-4-20(21)26-12-14-27(15-13-26)33(29,30)22-11-10-19(32-22)16-25-23(28)17-6-8-18(24)9-7-17;24-20-8-6-19(7-9-20)23(28)25-16-21-10-11-22(31-21)32(29,30)27-14-12-26(13-15-27)17-18-4-2-1-3-5-18/h2-11H,12-16H2,1H3,(H,25,28);6-11,18H,1-5,12-17H2,(H,25,28). The van der Waals surface area contributed by atoms with Gasteiger partial charge in [-0.25, -0.2) is 16.8 Å². The third kappa shape index (κ3) is 12.9. The van der Waals surface area contributed by atoms with Crippen molar-refractivity contribution in [2.75, 3.05) is 70.9 Å². The molecule has 2 N–H and O–H groups in total. The molecule has 1 saturated carbocycles. The van der Waals surface area contributed by atoms with Crippen LogP contribution in [0.25, 0.3) is 0 Å². The van der Waals surface area contributed by atoms with Crippen LogP contribution in [0.5, 0.6) is 5.75 Å². The molecular formula is C46H54Cl2N6O7S4. The molecule has 0 bridgehead atoms. The van der Waals surface area contributed by atoms with Crippen molar-refractivity contribution in [3.63, 3.8) is 0 Å². The molecule has 348 valence electrons. The van der Waals surface area contributed by atoms with Crippen LogP contribution in [-0.4, -0.2) is 108 Å². The molecule has 13 nitrogen and oxygen atoms in total. The first-order chi connectivity index (χ1) is 31.3. The molecule has 3 aromatic carbocycles. The molecule has 0 spiro atoms. The fourth-order valence-electron chi connectivity index (χ4n) is 8.13. The number of amides is 2. The van der Waals surface area contributed by atoms with Crippen LogP contribution < -0.4 is 20.3 Å². The van der Waals surface area contributed by atoms with Gasteiger partial charge in [-0.05, 0) is 104 Å². The Balaban J connectivity index is 0.000000194. The first-order valence-electron chi connectivity index (χ1n) is 21.7. The molecule has 4 heterocycles. The number of halogens is 2. The molecule has 2 aromatic heterocycles. The van der Waals surface area contributed by atoms with E-state index in [9.17, 15) is 26.4 Å². The number of benzene rings is 3. The van der Waals surface area contributed by atoms with Gasteiger partial charge in [0.2, 0.25) is 0 Å². The highest BCUT2D eigenvalue weighted by Crippen LogP contribution is 2.32. The number of hydrogen-bond donors (Lipinski definition) is 2. The molecule has 19 heteroatoms. The van der Waals surface area contributed by atoms with Crippen LogP contribution in [0.1, 0.15) is 62.6 Å². The molecule has 0 unspecified atom stereocenters. The Hall–Kier alpha value is -4.04. The SMILES string of the molecule is COc1ccccc1N1CCN(S(=O)(=O)c2ccc(CNC(=O)c3ccc(Cl)cc3)s2)CC1.O=C(NCc1ccc(S(=O)(=O)N2CCN(CC3CCCCC3)CC2)s1)c1ccc(Cl)cc1. The van der Waals surface area contributed by atoms with E-state index in [1.165, 1.54) is 59.1 Å².